The lowest BCUT2D eigenvalue weighted by Crippen LogP contribution is -2.47. The van der Waals surface area contributed by atoms with Crippen molar-refractivity contribution in [2.24, 2.45) is 0 Å². The number of carbonyl (C=O) groups is 4. The Bertz CT molecular complexity index is 569. The topological polar surface area (TPSA) is 122 Å². The van der Waals surface area contributed by atoms with Crippen LogP contribution >= 0.6 is 0 Å². The van der Waals surface area contributed by atoms with E-state index in [-0.39, 0.29) is 24.9 Å². The highest BCUT2D eigenvalue weighted by molar-refractivity contribution is 5.87. The van der Waals surface area contributed by atoms with Crippen molar-refractivity contribution in [2.45, 2.75) is 70.2 Å². The summed E-state index contributed by atoms with van der Waals surface area (Å²) in [7, 11) is 0. The predicted molar refractivity (Wildman–Crippen MR) is 84.6 cm³/mol. The van der Waals surface area contributed by atoms with Crippen LogP contribution in [0.1, 0.15) is 46.5 Å². The third kappa shape index (κ3) is 5.07. The van der Waals surface area contributed by atoms with Gasteiger partial charge < -0.3 is 24.8 Å². The van der Waals surface area contributed by atoms with Gasteiger partial charge in [0.2, 0.25) is 5.91 Å². The molecule has 0 saturated carbocycles. The maximum Gasteiger partial charge on any atom is 0.408 e. The van der Waals surface area contributed by atoms with Gasteiger partial charge in [0.15, 0.2) is 0 Å². The lowest BCUT2D eigenvalue weighted by Gasteiger charge is -2.30. The molecule has 2 rings (SSSR count). The molecule has 0 aromatic carbocycles. The highest BCUT2D eigenvalue weighted by Gasteiger charge is 2.44. The van der Waals surface area contributed by atoms with Crippen LogP contribution in [0.15, 0.2) is 0 Å². The number of hydrogen-bond donors (Lipinski definition) is 2. The summed E-state index contributed by atoms with van der Waals surface area (Å²) in [6, 6.07) is -1.82. The minimum atomic E-state index is -1.25. The minimum absolute atomic E-state index is 0.0882. The molecule has 0 aromatic rings. The number of carboxylic acids is 1. The average molecular weight is 356 g/mol. The van der Waals surface area contributed by atoms with Crippen LogP contribution in [0.3, 0.4) is 0 Å². The van der Waals surface area contributed by atoms with Crippen molar-refractivity contribution in [3.05, 3.63) is 0 Å². The Hall–Kier alpha value is -2.32. The van der Waals surface area contributed by atoms with Crippen molar-refractivity contribution in [3.63, 3.8) is 0 Å². The second kappa shape index (κ2) is 7.28. The average Bonchev–Trinajstić information content (AvgIpc) is 2.76. The fourth-order valence-electron chi connectivity index (χ4n) is 2.92. The third-order valence-electron chi connectivity index (χ3n) is 4.07. The molecular formula is C16H24N2O7. The first-order valence-electron chi connectivity index (χ1n) is 8.29. The highest BCUT2D eigenvalue weighted by atomic mass is 16.6. The molecule has 2 saturated heterocycles. The fraction of sp³-hybridized carbons (Fsp3) is 0.750. The number of rotatable bonds is 5. The number of esters is 1. The zero-order valence-electron chi connectivity index (χ0n) is 14.6. The van der Waals surface area contributed by atoms with Gasteiger partial charge in [-0.25, -0.2) is 14.4 Å². The number of alkyl carbamates (subject to hydrolysis) is 1. The number of nitrogens with one attached hydrogen (secondary N) is 1. The zero-order valence-corrected chi connectivity index (χ0v) is 14.6. The first kappa shape index (κ1) is 19.0. The second-order valence-corrected chi connectivity index (χ2v) is 7.26. The molecule has 25 heavy (non-hydrogen) atoms. The summed E-state index contributed by atoms with van der Waals surface area (Å²) in [4.78, 5) is 48.5. The monoisotopic (exact) mass is 356 g/mol. The third-order valence-corrected chi connectivity index (χ3v) is 4.07. The summed E-state index contributed by atoms with van der Waals surface area (Å²) in [5.41, 5.74) is -0.754. The van der Waals surface area contributed by atoms with Gasteiger partial charge in [0.25, 0.3) is 0 Å². The molecule has 0 unspecified atom stereocenters. The Balaban J connectivity index is 1.88. The molecular weight excluding hydrogens is 332 g/mol. The number of fused-ring (bicyclic) bond motifs is 2. The van der Waals surface area contributed by atoms with E-state index >= 15 is 0 Å². The van der Waals surface area contributed by atoms with Crippen molar-refractivity contribution in [2.75, 3.05) is 6.54 Å². The Morgan fingerprint density at radius 3 is 2.68 bits per heavy atom. The standard InChI is InChI=1S/C16H24N2O7/c1-16(2,3)25-15(23)17-10(13(20)21)4-5-12(19)18-7-6-9-8-11(18)14(22)24-9/h9-11H,4-8H2,1-3H3,(H,17,23)(H,20,21)/t9-,10+,11-/m1/s1. The van der Waals surface area contributed by atoms with E-state index in [1.54, 1.807) is 20.8 Å². The molecule has 140 valence electrons. The van der Waals surface area contributed by atoms with Gasteiger partial charge in [-0.1, -0.05) is 0 Å². The summed E-state index contributed by atoms with van der Waals surface area (Å²) in [5.74, 6) is -1.98. The molecule has 0 spiro atoms. The van der Waals surface area contributed by atoms with E-state index in [1.165, 1.54) is 4.90 Å². The molecule has 0 radical (unpaired) electrons. The van der Waals surface area contributed by atoms with E-state index in [1.807, 2.05) is 0 Å². The number of ether oxygens (including phenoxy) is 2. The van der Waals surface area contributed by atoms with Crippen molar-refractivity contribution in [1.29, 1.82) is 0 Å². The summed E-state index contributed by atoms with van der Waals surface area (Å²) in [5, 5.41) is 11.5. The van der Waals surface area contributed by atoms with Gasteiger partial charge in [0.1, 0.15) is 23.8 Å². The first-order chi connectivity index (χ1) is 11.6. The van der Waals surface area contributed by atoms with Crippen LogP contribution in [-0.4, -0.2) is 64.3 Å². The number of aliphatic carboxylic acids is 1. The molecule has 0 aliphatic carbocycles. The number of nitrogens with zero attached hydrogens (tertiary/aromatic N) is 1. The number of carboxylic acid groups (broad SMARTS) is 1. The Kier molecular flexibility index (Phi) is 5.54. The Morgan fingerprint density at radius 2 is 2.08 bits per heavy atom. The Morgan fingerprint density at radius 1 is 1.40 bits per heavy atom. The summed E-state index contributed by atoms with van der Waals surface area (Å²) in [6.45, 7) is 5.40. The number of likely N-dealkylation sites (tertiary alicyclic amines) is 1. The van der Waals surface area contributed by atoms with Gasteiger partial charge in [-0.2, -0.15) is 0 Å². The van der Waals surface area contributed by atoms with E-state index in [0.29, 0.717) is 19.4 Å². The number of amides is 2. The summed E-state index contributed by atoms with van der Waals surface area (Å²) >= 11 is 0. The van der Waals surface area contributed by atoms with Gasteiger partial charge in [-0.3, -0.25) is 4.79 Å². The molecule has 2 bridgehead atoms. The van der Waals surface area contributed by atoms with Crippen LogP contribution in [0.5, 0.6) is 0 Å². The van der Waals surface area contributed by atoms with Crippen LogP contribution in [0.4, 0.5) is 4.79 Å². The van der Waals surface area contributed by atoms with Crippen LogP contribution in [0.25, 0.3) is 0 Å². The zero-order chi connectivity index (χ0) is 18.8. The van der Waals surface area contributed by atoms with E-state index in [0.717, 1.165) is 0 Å². The number of piperidine rings is 1. The van der Waals surface area contributed by atoms with Gasteiger partial charge in [0, 0.05) is 25.8 Å². The molecule has 2 N–H and O–H groups in total. The summed E-state index contributed by atoms with van der Waals surface area (Å²) < 4.78 is 10.2. The van der Waals surface area contributed by atoms with Crippen molar-refractivity contribution in [1.82, 2.24) is 10.2 Å². The molecule has 2 aliphatic heterocycles. The first-order valence-corrected chi connectivity index (χ1v) is 8.29. The van der Waals surface area contributed by atoms with E-state index in [9.17, 15) is 24.3 Å². The molecule has 2 aliphatic rings. The molecule has 3 atom stereocenters. The van der Waals surface area contributed by atoms with Gasteiger partial charge in [-0.15, -0.1) is 0 Å². The molecule has 2 fully saturated rings. The van der Waals surface area contributed by atoms with Crippen molar-refractivity contribution < 1.29 is 33.8 Å². The van der Waals surface area contributed by atoms with Gasteiger partial charge >= 0.3 is 18.0 Å². The lowest BCUT2D eigenvalue weighted by atomic mass is 10.0. The van der Waals surface area contributed by atoms with Crippen LogP contribution < -0.4 is 5.32 Å². The van der Waals surface area contributed by atoms with Crippen LogP contribution in [0, 0.1) is 0 Å². The molecule has 0 aromatic heterocycles. The quantitative estimate of drug-likeness (QED) is 0.694. The number of hydrogen-bond acceptors (Lipinski definition) is 6. The lowest BCUT2D eigenvalue weighted by molar-refractivity contribution is -0.147. The van der Waals surface area contributed by atoms with Crippen molar-refractivity contribution >= 4 is 23.9 Å². The maximum absolute atomic E-state index is 12.4. The highest BCUT2D eigenvalue weighted by Crippen LogP contribution is 2.28. The molecule has 9 heteroatoms. The second-order valence-electron chi connectivity index (χ2n) is 7.26. The predicted octanol–water partition coefficient (Wildman–Crippen LogP) is 0.661. The van der Waals surface area contributed by atoms with Gasteiger partial charge in [0.05, 0.1) is 0 Å². The molecule has 2 amide bonds. The smallest absolute Gasteiger partial charge is 0.408 e. The van der Waals surface area contributed by atoms with Gasteiger partial charge in [-0.05, 0) is 27.2 Å². The number of carbonyl (C=O) groups excluding carboxylic acids is 3. The fourth-order valence-corrected chi connectivity index (χ4v) is 2.92. The van der Waals surface area contributed by atoms with Crippen LogP contribution in [0.2, 0.25) is 0 Å². The SMILES string of the molecule is CC(C)(C)OC(=O)N[C@@H](CCC(=O)N1CC[C@@H]2C[C@@H]1C(=O)O2)C(=O)O. The van der Waals surface area contributed by atoms with Crippen LogP contribution in [-0.2, 0) is 23.9 Å². The Labute approximate surface area is 145 Å². The maximum atomic E-state index is 12.4. The van der Waals surface area contributed by atoms with E-state index < -0.39 is 35.7 Å². The molecule has 2 heterocycles. The van der Waals surface area contributed by atoms with E-state index in [2.05, 4.69) is 5.32 Å². The summed E-state index contributed by atoms with van der Waals surface area (Å²) in [6.07, 6.45) is -0.0824. The van der Waals surface area contributed by atoms with E-state index in [4.69, 9.17) is 9.47 Å². The van der Waals surface area contributed by atoms with Crippen molar-refractivity contribution in [3.8, 4) is 0 Å². The molecule has 9 nitrogen and oxygen atoms in total. The normalized spacial score (nSPS) is 23.6. The largest absolute Gasteiger partial charge is 0.480 e. The minimum Gasteiger partial charge on any atom is -0.480 e.